The molecule has 0 radical (unpaired) electrons. The smallest absolute Gasteiger partial charge is 0.337 e. The molecule has 8 heteroatoms. The van der Waals surface area contributed by atoms with E-state index in [9.17, 15) is 9.59 Å². The Kier molecular flexibility index (Phi) is 11.3. The van der Waals surface area contributed by atoms with Crippen molar-refractivity contribution in [2.75, 3.05) is 26.7 Å². The molecule has 0 spiro atoms. The van der Waals surface area contributed by atoms with Gasteiger partial charge in [-0.15, -0.1) is 0 Å². The van der Waals surface area contributed by atoms with Gasteiger partial charge in [-0.1, -0.05) is 67.8 Å². The molecule has 3 N–H and O–H groups in total. The van der Waals surface area contributed by atoms with Crippen LogP contribution in [0.4, 0.5) is 0 Å². The van der Waals surface area contributed by atoms with Crippen LogP contribution >= 0.6 is 0 Å². The number of hydrogen-bond acceptors (Lipinski definition) is 7. The number of carbonyl (C=O) groups excluding carboxylic acids is 2. The Balaban J connectivity index is 1.08. The highest BCUT2D eigenvalue weighted by Gasteiger charge is 2.23. The van der Waals surface area contributed by atoms with Crippen LogP contribution in [0.25, 0.3) is 0 Å². The zero-order valence-electron chi connectivity index (χ0n) is 25.3. The van der Waals surface area contributed by atoms with Crippen LogP contribution in [-0.4, -0.2) is 60.6 Å². The zero-order chi connectivity index (χ0) is 29.9. The minimum atomic E-state index is -0.317. The first-order valence-electron chi connectivity index (χ1n) is 15.7. The van der Waals surface area contributed by atoms with Crippen LogP contribution in [0, 0.1) is 0 Å². The molecule has 8 nitrogen and oxygen atoms in total. The number of amides is 1. The van der Waals surface area contributed by atoms with Crippen LogP contribution in [0.3, 0.4) is 0 Å². The number of rotatable bonds is 12. The van der Waals surface area contributed by atoms with Gasteiger partial charge in [-0.3, -0.25) is 14.7 Å². The van der Waals surface area contributed by atoms with E-state index in [1.807, 2.05) is 42.6 Å². The highest BCUT2D eigenvalue weighted by Crippen LogP contribution is 2.20. The normalized spacial score (nSPS) is 17.3. The summed E-state index contributed by atoms with van der Waals surface area (Å²) in [5, 5.41) is 10.7. The quantitative estimate of drug-likeness (QED) is 0.258. The van der Waals surface area contributed by atoms with Crippen LogP contribution in [0.15, 0.2) is 72.9 Å². The van der Waals surface area contributed by atoms with Crippen molar-refractivity contribution in [2.24, 2.45) is 0 Å². The highest BCUT2D eigenvalue weighted by atomic mass is 16.5. The molecular formula is C35H45N5O3. The average molecular weight is 584 g/mol. The minimum Gasteiger partial charge on any atom is -0.465 e. The molecule has 1 aliphatic carbocycles. The third kappa shape index (κ3) is 9.20. The van der Waals surface area contributed by atoms with Gasteiger partial charge >= 0.3 is 5.97 Å². The van der Waals surface area contributed by atoms with Crippen molar-refractivity contribution in [1.29, 1.82) is 0 Å². The molecule has 3 aromatic rings. The number of benzene rings is 2. The van der Waals surface area contributed by atoms with Crippen molar-refractivity contribution < 1.29 is 14.3 Å². The Morgan fingerprint density at radius 3 is 2.28 bits per heavy atom. The van der Waals surface area contributed by atoms with Crippen LogP contribution < -0.4 is 16.0 Å². The summed E-state index contributed by atoms with van der Waals surface area (Å²) in [4.78, 5) is 31.3. The second-order valence-electron chi connectivity index (χ2n) is 11.9. The van der Waals surface area contributed by atoms with Crippen LogP contribution in [0.5, 0.6) is 0 Å². The first kappa shape index (κ1) is 30.9. The van der Waals surface area contributed by atoms with E-state index < -0.39 is 0 Å². The van der Waals surface area contributed by atoms with Gasteiger partial charge in [0.2, 0.25) is 0 Å². The fourth-order valence-electron chi connectivity index (χ4n) is 6.15. The van der Waals surface area contributed by atoms with Gasteiger partial charge in [0.1, 0.15) is 5.69 Å². The van der Waals surface area contributed by atoms with Gasteiger partial charge < -0.3 is 20.7 Å². The second-order valence-corrected chi connectivity index (χ2v) is 11.9. The monoisotopic (exact) mass is 583 g/mol. The van der Waals surface area contributed by atoms with Crippen molar-refractivity contribution in [2.45, 2.75) is 76.2 Å². The minimum absolute atomic E-state index is 0.0516. The number of carbonyl (C=O) groups is 2. The Morgan fingerprint density at radius 2 is 1.60 bits per heavy atom. The number of pyridine rings is 1. The molecule has 1 atom stereocenters. The molecule has 1 aromatic heterocycles. The molecule has 2 heterocycles. The van der Waals surface area contributed by atoms with E-state index in [0.717, 1.165) is 69.5 Å². The summed E-state index contributed by atoms with van der Waals surface area (Å²) in [7, 11) is 1.40. The van der Waals surface area contributed by atoms with Crippen LogP contribution in [0.2, 0.25) is 0 Å². The van der Waals surface area contributed by atoms with E-state index in [0.29, 0.717) is 23.3 Å². The van der Waals surface area contributed by atoms with Crippen LogP contribution in [-0.2, 0) is 17.8 Å². The maximum atomic E-state index is 12.6. The first-order chi connectivity index (χ1) is 21.1. The molecule has 1 amide bonds. The molecule has 1 saturated carbocycles. The Bertz CT molecular complexity index is 1290. The largest absolute Gasteiger partial charge is 0.465 e. The van der Waals surface area contributed by atoms with Crippen molar-refractivity contribution in [3.05, 3.63) is 101 Å². The van der Waals surface area contributed by atoms with E-state index in [-0.39, 0.29) is 17.9 Å². The summed E-state index contributed by atoms with van der Waals surface area (Å²) in [6.07, 6.45) is 9.83. The highest BCUT2D eigenvalue weighted by molar-refractivity contribution is 5.92. The van der Waals surface area contributed by atoms with E-state index in [2.05, 4.69) is 56.2 Å². The summed E-state index contributed by atoms with van der Waals surface area (Å²) in [6.45, 7) is 4.41. The van der Waals surface area contributed by atoms with Gasteiger partial charge in [0.15, 0.2) is 0 Å². The van der Waals surface area contributed by atoms with Crippen molar-refractivity contribution >= 4 is 11.9 Å². The molecule has 5 rings (SSSR count). The van der Waals surface area contributed by atoms with Gasteiger partial charge in [-0.05, 0) is 73.7 Å². The van der Waals surface area contributed by atoms with Gasteiger partial charge in [-0.25, -0.2) is 4.79 Å². The van der Waals surface area contributed by atoms with Crippen molar-refractivity contribution in [3.63, 3.8) is 0 Å². The number of nitrogens with zero attached hydrogens (tertiary/aromatic N) is 2. The summed E-state index contributed by atoms with van der Waals surface area (Å²) < 4.78 is 4.80. The number of nitrogens with one attached hydrogen (secondary N) is 3. The number of methoxy groups -OCH3 is 1. The third-order valence-corrected chi connectivity index (χ3v) is 8.68. The topological polar surface area (TPSA) is 95.6 Å². The lowest BCUT2D eigenvalue weighted by Crippen LogP contribution is -2.45. The van der Waals surface area contributed by atoms with Gasteiger partial charge in [0, 0.05) is 44.0 Å². The number of piperidine rings is 1. The van der Waals surface area contributed by atoms with Crippen LogP contribution in [0.1, 0.15) is 88.5 Å². The van der Waals surface area contributed by atoms with Crippen molar-refractivity contribution in [3.8, 4) is 0 Å². The maximum Gasteiger partial charge on any atom is 0.337 e. The second kappa shape index (κ2) is 15.8. The fourth-order valence-corrected chi connectivity index (χ4v) is 6.15. The van der Waals surface area contributed by atoms with Gasteiger partial charge in [0.05, 0.1) is 12.7 Å². The number of likely N-dealkylation sites (tertiary alicyclic amines) is 1. The Hall–Kier alpha value is -3.59. The SMILES string of the molecule is COC(=O)c1ccc(CNC[C@@H](NC2CCN(Cc3ccc(C(=O)NC4CCCCC4)nc3)CC2)c2ccccc2)cc1. The van der Waals surface area contributed by atoms with Crippen molar-refractivity contribution in [1.82, 2.24) is 25.8 Å². The lowest BCUT2D eigenvalue weighted by atomic mass is 9.95. The lowest BCUT2D eigenvalue weighted by Gasteiger charge is -2.35. The standard InChI is InChI=1S/C35H45N5O3/c1-43-35(42)29-15-12-26(13-16-29)22-36-24-33(28-8-4-2-5-9-28)38-31-18-20-40(21-19-31)25-27-14-17-32(37-23-27)34(41)39-30-10-6-3-7-11-30/h2,4-5,8-9,12-17,23,30-31,33,36,38H,3,6-7,10-11,18-22,24-25H2,1H3,(H,39,41)/t33-/m1/s1. The average Bonchev–Trinajstić information content (AvgIpc) is 3.06. The molecule has 1 saturated heterocycles. The first-order valence-corrected chi connectivity index (χ1v) is 15.7. The van der Waals surface area contributed by atoms with E-state index in [1.54, 1.807) is 0 Å². The summed E-state index contributed by atoms with van der Waals surface area (Å²) in [5.74, 6) is -0.369. The number of ether oxygens (including phenoxy) is 1. The Morgan fingerprint density at radius 1 is 0.884 bits per heavy atom. The van der Waals surface area contributed by atoms with E-state index in [1.165, 1.54) is 31.9 Å². The molecule has 2 fully saturated rings. The number of aromatic nitrogens is 1. The molecule has 2 aliphatic rings. The summed E-state index contributed by atoms with van der Waals surface area (Å²) in [5.41, 5.74) is 4.62. The summed E-state index contributed by atoms with van der Waals surface area (Å²) >= 11 is 0. The lowest BCUT2D eigenvalue weighted by molar-refractivity contribution is 0.0600. The number of hydrogen-bond donors (Lipinski definition) is 3. The van der Waals surface area contributed by atoms with Gasteiger partial charge in [0.25, 0.3) is 5.91 Å². The number of esters is 1. The predicted octanol–water partition coefficient (Wildman–Crippen LogP) is 5.02. The third-order valence-electron chi connectivity index (χ3n) is 8.68. The van der Waals surface area contributed by atoms with E-state index in [4.69, 9.17) is 4.74 Å². The molecule has 43 heavy (non-hydrogen) atoms. The molecule has 2 aromatic carbocycles. The Labute approximate surface area is 255 Å². The molecule has 228 valence electrons. The van der Waals surface area contributed by atoms with Gasteiger partial charge in [-0.2, -0.15) is 0 Å². The predicted molar refractivity (Wildman–Crippen MR) is 169 cm³/mol. The molecular weight excluding hydrogens is 538 g/mol. The molecule has 1 aliphatic heterocycles. The molecule has 0 unspecified atom stereocenters. The maximum absolute atomic E-state index is 12.6. The summed E-state index contributed by atoms with van der Waals surface area (Å²) in [6, 6.07) is 23.0. The molecule has 0 bridgehead atoms. The van der Waals surface area contributed by atoms with E-state index >= 15 is 0 Å². The zero-order valence-corrected chi connectivity index (χ0v) is 25.3. The fraction of sp³-hybridized carbons (Fsp3) is 0.457.